The third kappa shape index (κ3) is 5.38. The molecule has 0 heterocycles. The molecule has 3 heteroatoms. The number of halogens is 1. The predicted octanol–water partition coefficient (Wildman–Crippen LogP) is -0.888. The lowest BCUT2D eigenvalue weighted by Crippen LogP contribution is -3.00. The average molecular weight is 272 g/mol. The third-order valence-corrected chi connectivity index (χ3v) is 3.64. The zero-order valence-electron chi connectivity index (χ0n) is 11.6. The Hall–Kier alpha value is -0.570. The Labute approximate surface area is 117 Å². The van der Waals surface area contributed by atoms with Crippen LogP contribution in [-0.2, 0) is 0 Å². The van der Waals surface area contributed by atoms with Gasteiger partial charge in [0, 0.05) is 5.92 Å². The van der Waals surface area contributed by atoms with E-state index in [1.807, 2.05) is 30.3 Å². The molecule has 0 aliphatic rings. The number of quaternary nitrogens is 1. The summed E-state index contributed by atoms with van der Waals surface area (Å²) in [6, 6.07) is 10.1. The van der Waals surface area contributed by atoms with Crippen molar-refractivity contribution >= 4 is 0 Å². The van der Waals surface area contributed by atoms with Crippen LogP contribution in [0.2, 0.25) is 0 Å². The highest BCUT2D eigenvalue weighted by molar-refractivity contribution is 5.17. The van der Waals surface area contributed by atoms with Crippen LogP contribution >= 0.6 is 0 Å². The van der Waals surface area contributed by atoms with Gasteiger partial charge in [0.25, 0.3) is 0 Å². The van der Waals surface area contributed by atoms with E-state index in [4.69, 9.17) is 0 Å². The van der Waals surface area contributed by atoms with E-state index in [2.05, 4.69) is 26.1 Å². The first kappa shape index (κ1) is 17.4. The third-order valence-electron chi connectivity index (χ3n) is 3.64. The van der Waals surface area contributed by atoms with Gasteiger partial charge in [-0.3, -0.25) is 0 Å². The Kier molecular flexibility index (Phi) is 9.08. The summed E-state index contributed by atoms with van der Waals surface area (Å²) >= 11 is 0. The molecule has 0 aliphatic heterocycles. The zero-order chi connectivity index (χ0) is 12.7. The summed E-state index contributed by atoms with van der Waals surface area (Å²) in [6.07, 6.45) is 2.08. The summed E-state index contributed by atoms with van der Waals surface area (Å²) in [5, 5.41) is 12.5. The number of aliphatic hydroxyl groups excluding tert-OH is 1. The maximum absolute atomic E-state index is 10.2. The summed E-state index contributed by atoms with van der Waals surface area (Å²) < 4.78 is 0. The highest BCUT2D eigenvalue weighted by atomic mass is 35.5. The molecule has 2 unspecified atom stereocenters. The fourth-order valence-electron chi connectivity index (χ4n) is 2.11. The molecule has 18 heavy (non-hydrogen) atoms. The van der Waals surface area contributed by atoms with Crippen LogP contribution in [0.5, 0.6) is 0 Å². The fraction of sp³-hybridized carbons (Fsp3) is 0.600. The molecule has 0 radical (unpaired) electrons. The van der Waals surface area contributed by atoms with Gasteiger partial charge in [-0.25, -0.2) is 0 Å². The summed E-state index contributed by atoms with van der Waals surface area (Å²) in [5.74, 6) is 0.764. The lowest BCUT2D eigenvalue weighted by Gasteiger charge is -2.20. The number of rotatable bonds is 7. The van der Waals surface area contributed by atoms with Crippen molar-refractivity contribution in [1.82, 2.24) is 0 Å². The molecular weight excluding hydrogens is 246 g/mol. The van der Waals surface area contributed by atoms with Crippen molar-refractivity contribution < 1.29 is 22.8 Å². The van der Waals surface area contributed by atoms with Crippen molar-refractivity contribution in [3.05, 3.63) is 35.9 Å². The minimum Gasteiger partial charge on any atom is -1.00 e. The van der Waals surface area contributed by atoms with Gasteiger partial charge in [0.1, 0.15) is 12.1 Å². The molecular formula is C15H26ClNO. The van der Waals surface area contributed by atoms with E-state index in [9.17, 15) is 5.11 Å². The van der Waals surface area contributed by atoms with E-state index in [1.165, 1.54) is 12.8 Å². The average Bonchev–Trinajstić information content (AvgIpc) is 2.39. The Balaban J connectivity index is 0.00000289. The Morgan fingerprint density at radius 1 is 1.11 bits per heavy atom. The smallest absolute Gasteiger partial charge is 0.130 e. The molecule has 0 amide bonds. The Bertz CT molecular complexity index is 301. The Morgan fingerprint density at radius 3 is 2.17 bits per heavy atom. The van der Waals surface area contributed by atoms with Crippen LogP contribution in [0.4, 0.5) is 0 Å². The highest BCUT2D eigenvalue weighted by Gasteiger charge is 2.19. The predicted molar refractivity (Wildman–Crippen MR) is 71.7 cm³/mol. The van der Waals surface area contributed by atoms with Crippen molar-refractivity contribution in [2.75, 3.05) is 6.54 Å². The van der Waals surface area contributed by atoms with Crippen LogP contribution in [0.15, 0.2) is 30.3 Å². The number of hydrogen-bond donors (Lipinski definition) is 2. The second kappa shape index (κ2) is 9.37. The highest BCUT2D eigenvalue weighted by Crippen LogP contribution is 2.14. The molecule has 0 bridgehead atoms. The topological polar surface area (TPSA) is 36.8 Å². The van der Waals surface area contributed by atoms with Crippen LogP contribution in [0.1, 0.15) is 45.3 Å². The first-order valence-electron chi connectivity index (χ1n) is 6.75. The molecule has 104 valence electrons. The van der Waals surface area contributed by atoms with Crippen LogP contribution < -0.4 is 17.7 Å². The Morgan fingerprint density at radius 2 is 1.67 bits per heavy atom. The van der Waals surface area contributed by atoms with Crippen molar-refractivity contribution in [2.24, 2.45) is 5.92 Å². The van der Waals surface area contributed by atoms with E-state index in [0.717, 1.165) is 18.0 Å². The molecule has 2 atom stereocenters. The number of aliphatic hydroxyl groups is 1. The van der Waals surface area contributed by atoms with E-state index in [0.29, 0.717) is 0 Å². The number of benzene rings is 1. The van der Waals surface area contributed by atoms with Gasteiger partial charge in [-0.15, -0.1) is 0 Å². The van der Waals surface area contributed by atoms with E-state index < -0.39 is 0 Å². The van der Waals surface area contributed by atoms with Gasteiger partial charge in [-0.2, -0.15) is 0 Å². The van der Waals surface area contributed by atoms with Gasteiger partial charge in [0.15, 0.2) is 0 Å². The van der Waals surface area contributed by atoms with Gasteiger partial charge < -0.3 is 22.8 Å². The van der Waals surface area contributed by atoms with Gasteiger partial charge in [-0.1, -0.05) is 44.2 Å². The maximum atomic E-state index is 10.2. The minimum atomic E-state index is -0.370. The summed E-state index contributed by atoms with van der Waals surface area (Å²) in [7, 11) is 0. The van der Waals surface area contributed by atoms with E-state index in [-0.39, 0.29) is 24.6 Å². The minimum absolute atomic E-state index is 0. The second-order valence-electron chi connectivity index (χ2n) is 4.87. The number of nitrogens with two attached hydrogens (primary N) is 1. The maximum Gasteiger partial charge on any atom is 0.130 e. The van der Waals surface area contributed by atoms with Crippen molar-refractivity contribution in [3.8, 4) is 0 Å². The van der Waals surface area contributed by atoms with Gasteiger partial charge in [0.05, 0.1) is 6.54 Å². The van der Waals surface area contributed by atoms with Gasteiger partial charge in [-0.05, 0) is 25.3 Å². The molecule has 0 aliphatic carbocycles. The molecule has 1 aromatic carbocycles. The monoisotopic (exact) mass is 271 g/mol. The molecule has 3 N–H and O–H groups in total. The summed E-state index contributed by atoms with van der Waals surface area (Å²) in [4.78, 5) is 0. The fourth-order valence-corrected chi connectivity index (χ4v) is 2.11. The molecule has 1 rings (SSSR count). The van der Waals surface area contributed by atoms with Crippen LogP contribution in [0.3, 0.4) is 0 Å². The SMILES string of the molecule is CCC(CC)C[NH2+]C(C)C(O)c1ccccc1.[Cl-]. The lowest BCUT2D eigenvalue weighted by molar-refractivity contribution is -0.699. The largest absolute Gasteiger partial charge is 1.00 e. The van der Waals surface area contributed by atoms with Crippen LogP contribution in [-0.4, -0.2) is 17.7 Å². The first-order valence-corrected chi connectivity index (χ1v) is 6.75. The van der Waals surface area contributed by atoms with Crippen LogP contribution in [0.25, 0.3) is 0 Å². The molecule has 1 aromatic rings. The standard InChI is InChI=1S/C15H25NO.ClH/c1-4-13(5-2)11-16-12(3)15(17)14-9-7-6-8-10-14;/h6-10,12-13,15-17H,4-5,11H2,1-3H3;1H. The zero-order valence-corrected chi connectivity index (χ0v) is 12.4. The normalized spacial score (nSPS) is 14.1. The first-order chi connectivity index (χ1) is 8.19. The van der Waals surface area contributed by atoms with Gasteiger partial charge in [0.2, 0.25) is 0 Å². The molecule has 0 fully saturated rings. The molecule has 2 nitrogen and oxygen atoms in total. The van der Waals surface area contributed by atoms with Crippen molar-refractivity contribution in [3.63, 3.8) is 0 Å². The summed E-state index contributed by atoms with van der Waals surface area (Å²) in [6.45, 7) is 7.68. The van der Waals surface area contributed by atoms with E-state index in [1.54, 1.807) is 0 Å². The molecule has 0 spiro atoms. The molecule has 0 saturated heterocycles. The van der Waals surface area contributed by atoms with E-state index >= 15 is 0 Å². The van der Waals surface area contributed by atoms with Crippen molar-refractivity contribution in [2.45, 2.75) is 45.8 Å². The van der Waals surface area contributed by atoms with Gasteiger partial charge >= 0.3 is 0 Å². The summed E-state index contributed by atoms with van der Waals surface area (Å²) in [5.41, 5.74) is 1.01. The van der Waals surface area contributed by atoms with Crippen molar-refractivity contribution in [1.29, 1.82) is 0 Å². The number of hydrogen-bond acceptors (Lipinski definition) is 1. The molecule has 0 saturated carbocycles. The van der Waals surface area contributed by atoms with Crippen LogP contribution in [0, 0.1) is 5.92 Å². The molecule has 0 aromatic heterocycles. The second-order valence-corrected chi connectivity index (χ2v) is 4.87. The lowest BCUT2D eigenvalue weighted by atomic mass is 10.0. The quantitative estimate of drug-likeness (QED) is 0.664.